The highest BCUT2D eigenvalue weighted by molar-refractivity contribution is 5.90. The van der Waals surface area contributed by atoms with Gasteiger partial charge in [-0.05, 0) is 30.0 Å². The molecule has 26 heavy (non-hydrogen) atoms. The van der Waals surface area contributed by atoms with Gasteiger partial charge in [-0.15, -0.1) is 0 Å². The van der Waals surface area contributed by atoms with Crippen LogP contribution in [0.2, 0.25) is 0 Å². The molecule has 3 rings (SSSR count). The van der Waals surface area contributed by atoms with Crippen LogP contribution in [0.1, 0.15) is 43.2 Å². The summed E-state index contributed by atoms with van der Waals surface area (Å²) < 4.78 is 5.26. The minimum Gasteiger partial charge on any atom is -0.339 e. The Morgan fingerprint density at radius 3 is 2.65 bits per heavy atom. The molecule has 0 fully saturated rings. The number of carbonyl (C=O) groups is 1. The highest BCUT2D eigenvalue weighted by Crippen LogP contribution is 2.21. The number of anilines is 1. The van der Waals surface area contributed by atoms with E-state index in [0.717, 1.165) is 11.1 Å². The van der Waals surface area contributed by atoms with Gasteiger partial charge in [-0.25, -0.2) is 4.98 Å². The van der Waals surface area contributed by atoms with Gasteiger partial charge in [0.2, 0.25) is 17.6 Å². The highest BCUT2D eigenvalue weighted by atomic mass is 16.5. The van der Waals surface area contributed by atoms with Crippen molar-refractivity contribution in [3.8, 4) is 11.4 Å². The Morgan fingerprint density at radius 1 is 1.19 bits per heavy atom. The van der Waals surface area contributed by atoms with Crippen molar-refractivity contribution >= 4 is 11.7 Å². The molecule has 134 valence electrons. The molecular weight excluding hydrogens is 328 g/mol. The molecular formula is C20H22N4O2. The maximum atomic E-state index is 12.1. The predicted molar refractivity (Wildman–Crippen MR) is 99.7 cm³/mol. The Balaban J connectivity index is 1.58. The summed E-state index contributed by atoms with van der Waals surface area (Å²) in [6.45, 7) is 6.20. The number of aryl methyl sites for hydroxylation is 2. The van der Waals surface area contributed by atoms with E-state index < -0.39 is 0 Å². The lowest BCUT2D eigenvalue weighted by Gasteiger charge is -2.05. The van der Waals surface area contributed by atoms with Crippen LogP contribution in [0.25, 0.3) is 11.4 Å². The maximum Gasteiger partial charge on any atom is 0.227 e. The molecule has 0 radical (unpaired) electrons. The van der Waals surface area contributed by atoms with Crippen LogP contribution in [0.5, 0.6) is 0 Å². The molecule has 2 aromatic heterocycles. The third-order valence-electron chi connectivity index (χ3n) is 4.14. The quantitative estimate of drug-likeness (QED) is 0.723. The number of hydrogen-bond acceptors (Lipinski definition) is 5. The number of rotatable bonds is 6. The van der Waals surface area contributed by atoms with Gasteiger partial charge in [0.05, 0.1) is 0 Å². The zero-order valence-electron chi connectivity index (χ0n) is 15.2. The smallest absolute Gasteiger partial charge is 0.227 e. The standard InChI is InChI=1S/C20H22N4O2/c1-13(2)15-6-8-16(9-7-15)20-23-18(26-24-20)11-10-17(25)22-19-14(3)5-4-12-21-19/h4-9,12-13H,10-11H2,1-3H3,(H,21,22,25). The fraction of sp³-hybridized carbons (Fsp3) is 0.300. The van der Waals surface area contributed by atoms with Gasteiger partial charge in [0.1, 0.15) is 5.82 Å². The largest absolute Gasteiger partial charge is 0.339 e. The van der Waals surface area contributed by atoms with E-state index >= 15 is 0 Å². The van der Waals surface area contributed by atoms with Crippen LogP contribution in [0, 0.1) is 6.92 Å². The van der Waals surface area contributed by atoms with E-state index in [2.05, 4.69) is 46.4 Å². The third-order valence-corrected chi connectivity index (χ3v) is 4.14. The first-order valence-corrected chi connectivity index (χ1v) is 8.67. The van der Waals surface area contributed by atoms with Crippen LogP contribution in [0.3, 0.4) is 0 Å². The topological polar surface area (TPSA) is 80.9 Å². The van der Waals surface area contributed by atoms with E-state index in [4.69, 9.17) is 4.52 Å². The van der Waals surface area contributed by atoms with Crippen molar-refractivity contribution in [3.63, 3.8) is 0 Å². The van der Waals surface area contributed by atoms with Crippen LogP contribution in [0.4, 0.5) is 5.82 Å². The third kappa shape index (κ3) is 4.33. The van der Waals surface area contributed by atoms with E-state index in [1.165, 1.54) is 5.56 Å². The fourth-order valence-corrected chi connectivity index (χ4v) is 2.52. The molecule has 1 N–H and O–H groups in total. The molecule has 3 aromatic rings. The van der Waals surface area contributed by atoms with Crippen molar-refractivity contribution in [1.29, 1.82) is 0 Å². The first-order valence-electron chi connectivity index (χ1n) is 8.67. The summed E-state index contributed by atoms with van der Waals surface area (Å²) in [6.07, 6.45) is 2.29. The van der Waals surface area contributed by atoms with Gasteiger partial charge in [0, 0.05) is 24.6 Å². The van der Waals surface area contributed by atoms with Crippen molar-refractivity contribution in [2.45, 2.75) is 39.5 Å². The lowest BCUT2D eigenvalue weighted by Crippen LogP contribution is -2.14. The molecule has 1 amide bonds. The zero-order valence-corrected chi connectivity index (χ0v) is 15.2. The number of benzene rings is 1. The van der Waals surface area contributed by atoms with Gasteiger partial charge in [-0.3, -0.25) is 4.79 Å². The average Bonchev–Trinajstić information content (AvgIpc) is 3.11. The van der Waals surface area contributed by atoms with Gasteiger partial charge in [-0.1, -0.05) is 49.3 Å². The number of aromatic nitrogens is 3. The lowest BCUT2D eigenvalue weighted by molar-refractivity contribution is -0.116. The monoisotopic (exact) mass is 350 g/mol. The van der Waals surface area contributed by atoms with Gasteiger partial charge in [0.25, 0.3) is 0 Å². The minimum atomic E-state index is -0.132. The van der Waals surface area contributed by atoms with E-state index in [9.17, 15) is 4.79 Å². The molecule has 0 spiro atoms. The van der Waals surface area contributed by atoms with Crippen molar-refractivity contribution in [2.75, 3.05) is 5.32 Å². The molecule has 0 aliphatic carbocycles. The Bertz CT molecular complexity index is 885. The van der Waals surface area contributed by atoms with Crippen LogP contribution in [0.15, 0.2) is 47.1 Å². The second-order valence-electron chi connectivity index (χ2n) is 6.51. The summed E-state index contributed by atoms with van der Waals surface area (Å²) in [7, 11) is 0. The van der Waals surface area contributed by atoms with Crippen molar-refractivity contribution in [3.05, 3.63) is 59.6 Å². The first kappa shape index (κ1) is 17.8. The van der Waals surface area contributed by atoms with Crippen LogP contribution in [-0.4, -0.2) is 21.0 Å². The number of pyridine rings is 1. The molecule has 2 heterocycles. The predicted octanol–water partition coefficient (Wildman–Crippen LogP) is 4.13. The summed E-state index contributed by atoms with van der Waals surface area (Å²) in [6, 6.07) is 11.8. The SMILES string of the molecule is Cc1cccnc1NC(=O)CCc1nc(-c2ccc(C(C)C)cc2)no1. The van der Waals surface area contributed by atoms with Crippen LogP contribution < -0.4 is 5.32 Å². The summed E-state index contributed by atoms with van der Waals surface area (Å²) in [5.74, 6) is 1.91. The molecule has 0 aliphatic rings. The number of carbonyl (C=O) groups excluding carboxylic acids is 1. The second-order valence-corrected chi connectivity index (χ2v) is 6.51. The van der Waals surface area contributed by atoms with Gasteiger partial charge in [-0.2, -0.15) is 4.98 Å². The van der Waals surface area contributed by atoms with Crippen LogP contribution >= 0.6 is 0 Å². The molecule has 6 heteroatoms. The molecule has 0 aliphatic heterocycles. The number of nitrogens with one attached hydrogen (secondary N) is 1. The van der Waals surface area contributed by atoms with Crippen molar-refractivity contribution < 1.29 is 9.32 Å². The van der Waals surface area contributed by atoms with Gasteiger partial charge < -0.3 is 9.84 Å². The van der Waals surface area contributed by atoms with Crippen molar-refractivity contribution in [2.24, 2.45) is 0 Å². The second kappa shape index (κ2) is 7.91. The minimum absolute atomic E-state index is 0.132. The summed E-state index contributed by atoms with van der Waals surface area (Å²) in [5, 5.41) is 6.80. The molecule has 0 saturated heterocycles. The fourth-order valence-electron chi connectivity index (χ4n) is 2.52. The van der Waals surface area contributed by atoms with Crippen LogP contribution in [-0.2, 0) is 11.2 Å². The van der Waals surface area contributed by atoms with Gasteiger partial charge in [0.15, 0.2) is 0 Å². The van der Waals surface area contributed by atoms with E-state index in [1.807, 2.05) is 31.2 Å². The first-order chi connectivity index (χ1) is 12.5. The number of hydrogen-bond donors (Lipinski definition) is 1. The molecule has 0 atom stereocenters. The summed E-state index contributed by atoms with van der Waals surface area (Å²) in [5.41, 5.74) is 3.09. The van der Waals surface area contributed by atoms with Crippen molar-refractivity contribution in [1.82, 2.24) is 15.1 Å². The highest BCUT2D eigenvalue weighted by Gasteiger charge is 2.12. The molecule has 1 aromatic carbocycles. The lowest BCUT2D eigenvalue weighted by atomic mass is 10.0. The molecule has 6 nitrogen and oxygen atoms in total. The Kier molecular flexibility index (Phi) is 5.41. The Hall–Kier alpha value is -3.02. The maximum absolute atomic E-state index is 12.1. The van der Waals surface area contributed by atoms with E-state index in [-0.39, 0.29) is 12.3 Å². The Labute approximate surface area is 152 Å². The molecule has 0 bridgehead atoms. The summed E-state index contributed by atoms with van der Waals surface area (Å²) in [4.78, 5) is 20.6. The number of nitrogens with zero attached hydrogens (tertiary/aromatic N) is 3. The number of amides is 1. The zero-order chi connectivity index (χ0) is 18.5. The Morgan fingerprint density at radius 2 is 1.96 bits per heavy atom. The van der Waals surface area contributed by atoms with Gasteiger partial charge >= 0.3 is 0 Å². The van der Waals surface area contributed by atoms with E-state index in [0.29, 0.717) is 29.9 Å². The normalized spacial score (nSPS) is 10.9. The van der Waals surface area contributed by atoms with E-state index in [1.54, 1.807) is 6.20 Å². The molecule has 0 unspecified atom stereocenters. The molecule has 0 saturated carbocycles. The summed E-state index contributed by atoms with van der Waals surface area (Å²) >= 11 is 0. The average molecular weight is 350 g/mol.